The van der Waals surface area contributed by atoms with E-state index in [2.05, 4.69) is 10.3 Å². The second-order valence-electron chi connectivity index (χ2n) is 3.67. The lowest BCUT2D eigenvalue weighted by molar-refractivity contribution is -0.385. The van der Waals surface area contributed by atoms with Gasteiger partial charge < -0.3 is 5.32 Å². The fourth-order valence-electron chi connectivity index (χ4n) is 1.33. The molecular formula is C10H15N3O3S. The molecule has 1 N–H and O–H groups in total. The van der Waals surface area contributed by atoms with E-state index in [0.717, 1.165) is 6.42 Å². The van der Waals surface area contributed by atoms with Crippen LogP contribution in [0.25, 0.3) is 0 Å². The van der Waals surface area contributed by atoms with E-state index >= 15 is 0 Å². The second-order valence-corrected chi connectivity index (χ2v) is 5.23. The third-order valence-corrected chi connectivity index (χ3v) is 3.06. The topological polar surface area (TPSA) is 85.1 Å². The Hall–Kier alpha value is -1.50. The minimum atomic E-state index is -0.787. The zero-order valence-electron chi connectivity index (χ0n) is 9.80. The fourth-order valence-corrected chi connectivity index (χ4v) is 1.88. The molecule has 1 aromatic heterocycles. The molecule has 1 heterocycles. The molecule has 0 aromatic carbocycles. The minimum Gasteiger partial charge on any atom is -0.370 e. The Labute approximate surface area is 102 Å². The number of hydrogen-bond acceptors (Lipinski definition) is 5. The number of rotatable bonds is 6. The van der Waals surface area contributed by atoms with Gasteiger partial charge in [-0.05, 0) is 19.4 Å². The van der Waals surface area contributed by atoms with Crippen molar-refractivity contribution in [3.05, 3.63) is 27.9 Å². The highest BCUT2D eigenvalue weighted by Gasteiger charge is 2.10. The van der Waals surface area contributed by atoms with Crippen LogP contribution in [0, 0.1) is 17.0 Å². The van der Waals surface area contributed by atoms with E-state index in [1.807, 2.05) is 0 Å². The number of hydrogen-bond donors (Lipinski definition) is 1. The lowest BCUT2D eigenvalue weighted by atomic mass is 10.2. The van der Waals surface area contributed by atoms with Crippen molar-refractivity contribution in [1.29, 1.82) is 0 Å². The van der Waals surface area contributed by atoms with Crippen LogP contribution in [0.5, 0.6) is 0 Å². The summed E-state index contributed by atoms with van der Waals surface area (Å²) in [4.78, 5) is 14.1. The maximum absolute atomic E-state index is 10.8. The van der Waals surface area contributed by atoms with Crippen molar-refractivity contribution in [1.82, 2.24) is 4.98 Å². The van der Waals surface area contributed by atoms with Crippen LogP contribution in [0.2, 0.25) is 0 Å². The third-order valence-electron chi connectivity index (χ3n) is 2.19. The van der Waals surface area contributed by atoms with Gasteiger partial charge >= 0.3 is 0 Å². The Morgan fingerprint density at radius 3 is 2.82 bits per heavy atom. The molecule has 1 unspecified atom stereocenters. The molecular weight excluding hydrogens is 242 g/mol. The molecule has 0 aliphatic rings. The number of anilines is 1. The zero-order chi connectivity index (χ0) is 12.8. The Bertz CT molecular complexity index is 437. The van der Waals surface area contributed by atoms with Crippen molar-refractivity contribution in [2.24, 2.45) is 0 Å². The smallest absolute Gasteiger partial charge is 0.290 e. The first-order valence-electron chi connectivity index (χ1n) is 5.15. The van der Waals surface area contributed by atoms with Crippen LogP contribution in [0.15, 0.2) is 12.3 Å². The van der Waals surface area contributed by atoms with E-state index < -0.39 is 15.7 Å². The molecule has 0 saturated heterocycles. The lowest BCUT2D eigenvalue weighted by Gasteiger charge is -2.05. The number of nitrogens with one attached hydrogen (secondary N) is 1. The Balaban J connectivity index is 2.53. The molecule has 1 aromatic rings. The monoisotopic (exact) mass is 257 g/mol. The molecule has 0 fully saturated rings. The van der Waals surface area contributed by atoms with E-state index in [-0.39, 0.29) is 5.69 Å². The molecule has 1 rings (SSSR count). The number of pyridine rings is 1. The summed E-state index contributed by atoms with van der Waals surface area (Å²) in [5.74, 6) is 1.24. The molecule has 0 bridgehead atoms. The molecule has 0 amide bonds. The molecule has 7 heteroatoms. The van der Waals surface area contributed by atoms with E-state index in [4.69, 9.17) is 0 Å². The molecule has 0 aliphatic heterocycles. The molecule has 0 spiro atoms. The van der Waals surface area contributed by atoms with Gasteiger partial charge in [0.15, 0.2) is 0 Å². The molecule has 17 heavy (non-hydrogen) atoms. The minimum absolute atomic E-state index is 0.0187. The second kappa shape index (κ2) is 6.29. The van der Waals surface area contributed by atoms with Gasteiger partial charge in [0.05, 0.1) is 4.92 Å². The van der Waals surface area contributed by atoms with Crippen LogP contribution >= 0.6 is 0 Å². The summed E-state index contributed by atoms with van der Waals surface area (Å²) < 4.78 is 10.8. The third kappa shape index (κ3) is 4.48. The van der Waals surface area contributed by atoms with Crippen LogP contribution in [-0.2, 0) is 10.8 Å². The van der Waals surface area contributed by atoms with Crippen molar-refractivity contribution < 1.29 is 9.13 Å². The zero-order valence-corrected chi connectivity index (χ0v) is 10.6. The van der Waals surface area contributed by atoms with Gasteiger partial charge in [-0.25, -0.2) is 4.98 Å². The van der Waals surface area contributed by atoms with E-state index in [1.165, 1.54) is 6.20 Å². The predicted molar refractivity (Wildman–Crippen MR) is 67.7 cm³/mol. The molecule has 1 atom stereocenters. The molecule has 0 aliphatic carbocycles. The average molecular weight is 257 g/mol. The highest BCUT2D eigenvalue weighted by molar-refractivity contribution is 7.84. The highest BCUT2D eigenvalue weighted by Crippen LogP contribution is 2.18. The first-order valence-corrected chi connectivity index (χ1v) is 6.88. The highest BCUT2D eigenvalue weighted by atomic mass is 32.2. The summed E-state index contributed by atoms with van der Waals surface area (Å²) in [6.45, 7) is 2.33. The quantitative estimate of drug-likeness (QED) is 0.474. The molecule has 94 valence electrons. The fraction of sp³-hybridized carbons (Fsp3) is 0.500. The molecule has 6 nitrogen and oxygen atoms in total. The Morgan fingerprint density at radius 1 is 1.59 bits per heavy atom. The summed E-state index contributed by atoms with van der Waals surface area (Å²) in [5, 5.41) is 13.6. The maximum Gasteiger partial charge on any atom is 0.290 e. The largest absolute Gasteiger partial charge is 0.370 e. The lowest BCUT2D eigenvalue weighted by Crippen LogP contribution is -2.07. The van der Waals surface area contributed by atoms with Crippen LogP contribution in [-0.4, -0.2) is 32.7 Å². The Kier molecular flexibility index (Phi) is 5.02. The molecule has 0 saturated carbocycles. The maximum atomic E-state index is 10.8. The number of nitrogens with zero attached hydrogens (tertiary/aromatic N) is 2. The number of nitro groups is 1. The van der Waals surface area contributed by atoms with Gasteiger partial charge in [0.2, 0.25) is 0 Å². The SMILES string of the molecule is Cc1cc(NCCCS(C)=O)ncc1[N+](=O)[O-]. The van der Waals surface area contributed by atoms with Gasteiger partial charge in [-0.2, -0.15) is 0 Å². The van der Waals surface area contributed by atoms with Crippen molar-refractivity contribution in [2.75, 3.05) is 23.9 Å². The van der Waals surface area contributed by atoms with Gasteiger partial charge in [0.1, 0.15) is 12.0 Å². The standard InChI is InChI=1S/C10H15N3O3S/c1-8-6-10(11-4-3-5-17(2)16)12-7-9(8)13(14)15/h6-7H,3-5H2,1-2H3,(H,11,12). The van der Waals surface area contributed by atoms with E-state index in [1.54, 1.807) is 19.2 Å². The van der Waals surface area contributed by atoms with Crippen LogP contribution in [0.4, 0.5) is 11.5 Å². The first-order chi connectivity index (χ1) is 8.00. The summed E-state index contributed by atoms with van der Waals surface area (Å²) in [7, 11) is -0.787. The summed E-state index contributed by atoms with van der Waals surface area (Å²) in [5.41, 5.74) is 0.594. The normalized spacial score (nSPS) is 12.1. The number of aromatic nitrogens is 1. The summed E-state index contributed by atoms with van der Waals surface area (Å²) >= 11 is 0. The van der Waals surface area contributed by atoms with Crippen LogP contribution in [0.3, 0.4) is 0 Å². The summed E-state index contributed by atoms with van der Waals surface area (Å²) in [6, 6.07) is 1.64. The predicted octanol–water partition coefficient (Wildman–Crippen LogP) is 1.48. The summed E-state index contributed by atoms with van der Waals surface area (Å²) in [6.07, 6.45) is 3.69. The van der Waals surface area contributed by atoms with Gasteiger partial charge in [-0.1, -0.05) is 0 Å². The average Bonchev–Trinajstić information content (AvgIpc) is 2.23. The van der Waals surface area contributed by atoms with E-state index in [9.17, 15) is 14.3 Å². The van der Waals surface area contributed by atoms with Crippen LogP contribution in [0.1, 0.15) is 12.0 Å². The van der Waals surface area contributed by atoms with Crippen molar-refractivity contribution in [3.8, 4) is 0 Å². The van der Waals surface area contributed by atoms with Gasteiger partial charge in [0, 0.05) is 34.9 Å². The van der Waals surface area contributed by atoms with E-state index in [0.29, 0.717) is 23.7 Å². The van der Waals surface area contributed by atoms with Gasteiger partial charge in [-0.15, -0.1) is 0 Å². The molecule has 0 radical (unpaired) electrons. The van der Waals surface area contributed by atoms with Crippen molar-refractivity contribution in [2.45, 2.75) is 13.3 Å². The Morgan fingerprint density at radius 2 is 2.29 bits per heavy atom. The number of aryl methyl sites for hydroxylation is 1. The van der Waals surface area contributed by atoms with Gasteiger partial charge in [0.25, 0.3) is 5.69 Å². The van der Waals surface area contributed by atoms with Crippen molar-refractivity contribution in [3.63, 3.8) is 0 Å². The van der Waals surface area contributed by atoms with Crippen molar-refractivity contribution >= 4 is 22.3 Å². The first kappa shape index (κ1) is 13.6. The van der Waals surface area contributed by atoms with Gasteiger partial charge in [-0.3, -0.25) is 14.3 Å². The van der Waals surface area contributed by atoms with Crippen LogP contribution < -0.4 is 5.32 Å².